The summed E-state index contributed by atoms with van der Waals surface area (Å²) in [5, 5.41) is 0.610. The van der Waals surface area contributed by atoms with Gasteiger partial charge in [0.05, 0.1) is 0 Å². The summed E-state index contributed by atoms with van der Waals surface area (Å²) < 4.78 is 0.911. The lowest BCUT2D eigenvalue weighted by Gasteiger charge is -2.04. The highest BCUT2D eigenvalue weighted by atomic mass is 79.9. The van der Waals surface area contributed by atoms with Gasteiger partial charge in [0, 0.05) is 34.2 Å². The zero-order valence-electron chi connectivity index (χ0n) is 9.57. The number of rotatable bonds is 4. The van der Waals surface area contributed by atoms with Gasteiger partial charge in [-0.15, -0.1) is 0 Å². The zero-order valence-corrected chi connectivity index (χ0v) is 11.9. The molecule has 2 rings (SSSR count). The van der Waals surface area contributed by atoms with Crippen LogP contribution in [0.1, 0.15) is 11.3 Å². The summed E-state index contributed by atoms with van der Waals surface area (Å²) in [6.07, 6.45) is 2.37. The Hall–Kier alpha value is -1.19. The molecule has 0 saturated heterocycles. The molecule has 1 heterocycles. The molecule has 18 heavy (non-hydrogen) atoms. The van der Waals surface area contributed by atoms with E-state index < -0.39 is 0 Å². The Labute approximate surface area is 119 Å². The summed E-state index contributed by atoms with van der Waals surface area (Å²) in [7, 11) is 0. The van der Waals surface area contributed by atoms with Crippen molar-refractivity contribution in [2.45, 2.75) is 12.8 Å². The molecule has 2 nitrogen and oxygen atoms in total. The van der Waals surface area contributed by atoms with Gasteiger partial charge in [-0.1, -0.05) is 39.7 Å². The molecule has 0 aliphatic carbocycles. The van der Waals surface area contributed by atoms with Gasteiger partial charge in [0.1, 0.15) is 5.78 Å². The lowest BCUT2D eigenvalue weighted by molar-refractivity contribution is -0.117. The lowest BCUT2D eigenvalue weighted by Crippen LogP contribution is -2.08. The first-order valence-electron chi connectivity index (χ1n) is 5.50. The third-order valence-corrected chi connectivity index (χ3v) is 3.35. The van der Waals surface area contributed by atoms with Crippen molar-refractivity contribution < 1.29 is 4.79 Å². The van der Waals surface area contributed by atoms with E-state index in [-0.39, 0.29) is 5.78 Å². The molecule has 92 valence electrons. The molecular weight excluding hydrogens is 314 g/mol. The Kier molecular flexibility index (Phi) is 4.50. The molecule has 0 radical (unpaired) electrons. The normalized spacial score (nSPS) is 10.3. The molecule has 0 amide bonds. The lowest BCUT2D eigenvalue weighted by atomic mass is 10.1. The van der Waals surface area contributed by atoms with Crippen molar-refractivity contribution in [2.24, 2.45) is 0 Å². The second-order valence-corrected chi connectivity index (χ2v) is 5.27. The predicted molar refractivity (Wildman–Crippen MR) is 75.8 cm³/mol. The first kappa shape index (κ1) is 13.2. The second-order valence-electron chi connectivity index (χ2n) is 3.95. The Morgan fingerprint density at radius 1 is 1.22 bits per heavy atom. The van der Waals surface area contributed by atoms with Gasteiger partial charge >= 0.3 is 0 Å². The summed E-state index contributed by atoms with van der Waals surface area (Å²) in [5.74, 6) is 0.109. The van der Waals surface area contributed by atoms with Gasteiger partial charge in [-0.05, 0) is 29.8 Å². The number of pyridine rings is 1. The average Bonchev–Trinajstić information content (AvgIpc) is 2.34. The molecule has 0 fully saturated rings. The van der Waals surface area contributed by atoms with Crippen molar-refractivity contribution in [3.05, 3.63) is 63.3 Å². The molecule has 0 saturated carbocycles. The first-order chi connectivity index (χ1) is 8.65. The van der Waals surface area contributed by atoms with Gasteiger partial charge < -0.3 is 0 Å². The maximum atomic E-state index is 11.9. The monoisotopic (exact) mass is 323 g/mol. The Bertz CT molecular complexity index is 557. The van der Waals surface area contributed by atoms with Crippen molar-refractivity contribution in [1.82, 2.24) is 4.98 Å². The number of Topliss-reactive ketones (excluding diaryl/α,β-unsaturated/α-hetero) is 1. The number of carbonyl (C=O) groups is 1. The number of carbonyl (C=O) groups excluding carboxylic acids is 1. The van der Waals surface area contributed by atoms with Gasteiger partial charge in [0.2, 0.25) is 0 Å². The number of nitrogens with zero attached hydrogens (tertiary/aromatic N) is 1. The van der Waals surface area contributed by atoms with Crippen molar-refractivity contribution in [3.63, 3.8) is 0 Å². The molecule has 0 spiro atoms. The molecule has 1 aromatic heterocycles. The molecule has 0 unspecified atom stereocenters. The molecule has 0 N–H and O–H groups in total. The Morgan fingerprint density at radius 3 is 2.72 bits per heavy atom. The summed E-state index contributed by atoms with van der Waals surface area (Å²) in [6.45, 7) is 0. The molecule has 4 heteroatoms. The van der Waals surface area contributed by atoms with Gasteiger partial charge in [0.15, 0.2) is 0 Å². The summed E-state index contributed by atoms with van der Waals surface area (Å²) >= 11 is 9.42. The maximum absolute atomic E-state index is 11.9. The number of hydrogen-bond acceptors (Lipinski definition) is 2. The van der Waals surface area contributed by atoms with Crippen LogP contribution in [0.4, 0.5) is 0 Å². The van der Waals surface area contributed by atoms with Crippen molar-refractivity contribution >= 4 is 33.3 Å². The Morgan fingerprint density at radius 2 is 2.06 bits per heavy atom. The van der Waals surface area contributed by atoms with Crippen LogP contribution in [0.5, 0.6) is 0 Å². The fourth-order valence-corrected chi connectivity index (χ4v) is 2.38. The first-order valence-corrected chi connectivity index (χ1v) is 6.68. The van der Waals surface area contributed by atoms with Crippen LogP contribution >= 0.6 is 27.5 Å². The van der Waals surface area contributed by atoms with E-state index in [9.17, 15) is 4.79 Å². The fraction of sp³-hybridized carbons (Fsp3) is 0.143. The van der Waals surface area contributed by atoms with Crippen molar-refractivity contribution in [1.29, 1.82) is 0 Å². The maximum Gasteiger partial charge on any atom is 0.143 e. The minimum absolute atomic E-state index is 0.109. The zero-order chi connectivity index (χ0) is 13.0. The van der Waals surface area contributed by atoms with E-state index in [2.05, 4.69) is 20.9 Å². The third-order valence-electron chi connectivity index (χ3n) is 2.51. The van der Waals surface area contributed by atoms with Crippen LogP contribution in [0.3, 0.4) is 0 Å². The largest absolute Gasteiger partial charge is 0.299 e. The summed E-state index contributed by atoms with van der Waals surface area (Å²) in [5.41, 5.74) is 1.64. The molecular formula is C14H11BrClNO. The quantitative estimate of drug-likeness (QED) is 0.855. The fourth-order valence-electron chi connectivity index (χ4n) is 1.64. The van der Waals surface area contributed by atoms with Gasteiger partial charge in [-0.2, -0.15) is 0 Å². The molecule has 0 aliphatic heterocycles. The van der Waals surface area contributed by atoms with E-state index in [0.29, 0.717) is 17.9 Å². The molecule has 0 atom stereocenters. The van der Waals surface area contributed by atoms with E-state index in [1.54, 1.807) is 12.3 Å². The van der Waals surface area contributed by atoms with Crippen LogP contribution in [-0.2, 0) is 17.6 Å². The highest BCUT2D eigenvalue weighted by Crippen LogP contribution is 2.22. The van der Waals surface area contributed by atoms with Crippen LogP contribution in [-0.4, -0.2) is 10.8 Å². The smallest absolute Gasteiger partial charge is 0.143 e. The van der Waals surface area contributed by atoms with E-state index in [1.165, 1.54) is 0 Å². The van der Waals surface area contributed by atoms with Crippen molar-refractivity contribution in [2.75, 3.05) is 0 Å². The molecule has 1 aromatic carbocycles. The number of ketones is 1. The van der Waals surface area contributed by atoms with Gasteiger partial charge in [0.25, 0.3) is 0 Å². The number of aromatic nitrogens is 1. The molecule has 0 bridgehead atoms. The molecule has 2 aromatic rings. The summed E-state index contributed by atoms with van der Waals surface area (Å²) in [6, 6.07) is 11.1. The van der Waals surface area contributed by atoms with E-state index in [0.717, 1.165) is 15.7 Å². The van der Waals surface area contributed by atoms with E-state index in [1.807, 2.05) is 30.3 Å². The standard InChI is InChI=1S/C14H11BrClNO/c15-11-5-4-10(14(16)8-11)7-13(18)9-12-3-1-2-6-17-12/h1-6,8H,7,9H2. The van der Waals surface area contributed by atoms with Gasteiger partial charge in [-0.3, -0.25) is 9.78 Å². The van der Waals surface area contributed by atoms with Crippen LogP contribution < -0.4 is 0 Å². The van der Waals surface area contributed by atoms with Crippen LogP contribution in [0.15, 0.2) is 47.1 Å². The average molecular weight is 325 g/mol. The SMILES string of the molecule is O=C(Cc1ccccn1)Cc1ccc(Br)cc1Cl. The predicted octanol–water partition coefficient (Wildman–Crippen LogP) is 3.85. The van der Waals surface area contributed by atoms with Crippen molar-refractivity contribution in [3.8, 4) is 0 Å². The number of benzene rings is 1. The minimum Gasteiger partial charge on any atom is -0.299 e. The highest BCUT2D eigenvalue weighted by molar-refractivity contribution is 9.10. The van der Waals surface area contributed by atoms with Gasteiger partial charge in [-0.25, -0.2) is 0 Å². The third kappa shape index (κ3) is 3.65. The summed E-state index contributed by atoms with van der Waals surface area (Å²) in [4.78, 5) is 16.0. The van der Waals surface area contributed by atoms with Crippen LogP contribution in [0.2, 0.25) is 5.02 Å². The number of hydrogen-bond donors (Lipinski definition) is 0. The molecule has 0 aliphatic rings. The minimum atomic E-state index is 0.109. The Balaban J connectivity index is 2.03. The van der Waals surface area contributed by atoms with Crippen LogP contribution in [0, 0.1) is 0 Å². The van der Waals surface area contributed by atoms with E-state index >= 15 is 0 Å². The van der Waals surface area contributed by atoms with Crippen LogP contribution in [0.25, 0.3) is 0 Å². The topological polar surface area (TPSA) is 30.0 Å². The second kappa shape index (κ2) is 6.12. The highest BCUT2D eigenvalue weighted by Gasteiger charge is 2.09. The number of halogens is 2. The van der Waals surface area contributed by atoms with E-state index in [4.69, 9.17) is 11.6 Å².